The molecule has 1 aliphatic heterocycles. The van der Waals surface area contributed by atoms with Gasteiger partial charge in [-0.15, -0.1) is 30.6 Å². The van der Waals surface area contributed by atoms with Crippen molar-refractivity contribution in [3.63, 3.8) is 0 Å². The average Bonchev–Trinajstić information content (AvgIpc) is 2.89. The summed E-state index contributed by atoms with van der Waals surface area (Å²) < 4.78 is 23.1. The van der Waals surface area contributed by atoms with E-state index in [0.717, 1.165) is 5.56 Å². The molecule has 0 spiro atoms. The van der Waals surface area contributed by atoms with Gasteiger partial charge in [0.05, 0.1) is 23.0 Å². The number of nitro benzene ring substituents is 1. The number of hydrogen-bond donors (Lipinski definition) is 2. The number of benzene rings is 1. The zero-order valence-corrected chi connectivity index (χ0v) is 16.7. The highest BCUT2D eigenvalue weighted by molar-refractivity contribution is 14.0. The van der Waals surface area contributed by atoms with Gasteiger partial charge < -0.3 is 10.6 Å². The van der Waals surface area contributed by atoms with Crippen LogP contribution >= 0.6 is 24.0 Å². The molecule has 1 atom stereocenters. The van der Waals surface area contributed by atoms with Crippen LogP contribution in [0, 0.1) is 10.1 Å². The fourth-order valence-corrected chi connectivity index (χ4v) is 3.99. The number of sulfone groups is 1. The summed E-state index contributed by atoms with van der Waals surface area (Å²) in [5.74, 6) is 0.775. The second-order valence-corrected chi connectivity index (χ2v) is 7.73. The van der Waals surface area contributed by atoms with Crippen molar-refractivity contribution in [2.45, 2.75) is 19.0 Å². The first-order valence-electron chi connectivity index (χ1n) is 7.49. The van der Waals surface area contributed by atoms with Crippen molar-refractivity contribution in [1.29, 1.82) is 0 Å². The lowest BCUT2D eigenvalue weighted by atomic mass is 10.2. The molecule has 10 heteroatoms. The molecule has 1 saturated heterocycles. The molecule has 1 unspecified atom stereocenters. The second-order valence-electron chi connectivity index (χ2n) is 5.50. The van der Waals surface area contributed by atoms with Crippen LogP contribution in [0.1, 0.15) is 12.0 Å². The molecule has 1 aromatic carbocycles. The van der Waals surface area contributed by atoms with Gasteiger partial charge in [-0.25, -0.2) is 13.4 Å². The lowest BCUT2D eigenvalue weighted by molar-refractivity contribution is -0.384. The van der Waals surface area contributed by atoms with Gasteiger partial charge in [0.2, 0.25) is 0 Å². The van der Waals surface area contributed by atoms with Gasteiger partial charge >= 0.3 is 0 Å². The van der Waals surface area contributed by atoms with Crippen LogP contribution in [0.2, 0.25) is 0 Å². The Kier molecular flexibility index (Phi) is 8.29. The monoisotopic (exact) mass is 480 g/mol. The molecule has 0 aliphatic carbocycles. The fourth-order valence-electron chi connectivity index (χ4n) is 2.32. The summed E-state index contributed by atoms with van der Waals surface area (Å²) in [6.45, 7) is 4.44. The molecule has 138 valence electrons. The van der Waals surface area contributed by atoms with E-state index < -0.39 is 14.8 Å². The molecule has 2 rings (SSSR count). The van der Waals surface area contributed by atoms with Crippen molar-refractivity contribution in [1.82, 2.24) is 10.6 Å². The van der Waals surface area contributed by atoms with Crippen LogP contribution in [-0.2, 0) is 16.4 Å². The Morgan fingerprint density at radius 3 is 2.60 bits per heavy atom. The van der Waals surface area contributed by atoms with E-state index in [2.05, 4.69) is 22.2 Å². The normalized spacial score (nSPS) is 18.9. The zero-order chi connectivity index (χ0) is 17.6. The lowest BCUT2D eigenvalue weighted by Crippen LogP contribution is -2.44. The maximum absolute atomic E-state index is 11.5. The molecule has 0 bridgehead atoms. The summed E-state index contributed by atoms with van der Waals surface area (Å²) in [7, 11) is -2.97. The summed E-state index contributed by atoms with van der Waals surface area (Å²) >= 11 is 0. The predicted molar refractivity (Wildman–Crippen MR) is 108 cm³/mol. The molecule has 0 radical (unpaired) electrons. The van der Waals surface area contributed by atoms with Crippen LogP contribution < -0.4 is 10.6 Å². The number of halogens is 1. The van der Waals surface area contributed by atoms with Crippen molar-refractivity contribution < 1.29 is 13.3 Å². The van der Waals surface area contributed by atoms with Crippen LogP contribution in [0.4, 0.5) is 5.69 Å². The van der Waals surface area contributed by atoms with Crippen LogP contribution in [0.5, 0.6) is 0 Å². The number of nitro groups is 1. The van der Waals surface area contributed by atoms with E-state index in [1.165, 1.54) is 12.1 Å². The number of rotatable bonds is 6. The molecule has 1 aliphatic rings. The molecule has 8 nitrogen and oxygen atoms in total. The molecule has 1 fully saturated rings. The highest BCUT2D eigenvalue weighted by Crippen LogP contribution is 2.13. The fraction of sp³-hybridized carbons (Fsp3) is 0.400. The van der Waals surface area contributed by atoms with Gasteiger partial charge in [-0.05, 0) is 12.0 Å². The van der Waals surface area contributed by atoms with Gasteiger partial charge in [0.25, 0.3) is 5.69 Å². The molecule has 0 aromatic heterocycles. The molecule has 1 aromatic rings. The summed E-state index contributed by atoms with van der Waals surface area (Å²) in [5, 5.41) is 16.8. The molecular formula is C15H21IN4O4S. The Hall–Kier alpha value is -1.69. The minimum absolute atomic E-state index is 0. The summed E-state index contributed by atoms with van der Waals surface area (Å²) in [4.78, 5) is 14.6. The predicted octanol–water partition coefficient (Wildman–Crippen LogP) is 1.62. The Balaban J connectivity index is 0.00000312. The summed E-state index contributed by atoms with van der Waals surface area (Å²) in [5.41, 5.74) is 0.848. The minimum atomic E-state index is -2.97. The van der Waals surface area contributed by atoms with E-state index in [1.54, 1.807) is 18.2 Å². The van der Waals surface area contributed by atoms with E-state index in [4.69, 9.17) is 0 Å². The van der Waals surface area contributed by atoms with Crippen LogP contribution in [0.25, 0.3) is 0 Å². The van der Waals surface area contributed by atoms with Crippen molar-refractivity contribution in [3.8, 4) is 0 Å². The molecular weight excluding hydrogens is 459 g/mol. The maximum atomic E-state index is 11.5. The van der Waals surface area contributed by atoms with Crippen LogP contribution in [0.3, 0.4) is 0 Å². The minimum Gasteiger partial charge on any atom is -0.353 e. The van der Waals surface area contributed by atoms with Crippen LogP contribution in [-0.4, -0.2) is 43.4 Å². The molecule has 1 heterocycles. The second kappa shape index (κ2) is 9.70. The smallest absolute Gasteiger partial charge is 0.269 e. The van der Waals surface area contributed by atoms with Crippen molar-refractivity contribution in [2.75, 3.05) is 18.1 Å². The third-order valence-corrected chi connectivity index (χ3v) is 5.32. The molecule has 0 amide bonds. The van der Waals surface area contributed by atoms with Gasteiger partial charge in [-0.3, -0.25) is 10.1 Å². The van der Waals surface area contributed by atoms with Crippen LogP contribution in [0.15, 0.2) is 41.9 Å². The van der Waals surface area contributed by atoms with Gasteiger partial charge in [-0.1, -0.05) is 18.2 Å². The third-order valence-electron chi connectivity index (χ3n) is 3.55. The quantitative estimate of drug-likeness (QED) is 0.160. The average molecular weight is 480 g/mol. The van der Waals surface area contributed by atoms with Crippen molar-refractivity contribution >= 4 is 45.5 Å². The molecule has 25 heavy (non-hydrogen) atoms. The van der Waals surface area contributed by atoms with E-state index in [0.29, 0.717) is 25.5 Å². The standard InChI is InChI=1S/C15H20N4O4S.HI/c1-2-8-16-15(18-13-7-9-24(22,23)11-13)17-10-12-3-5-14(6-4-12)19(20)21;/h2-6,13H,1,7-11H2,(H2,16,17,18);1H. The number of nitrogens with one attached hydrogen (secondary N) is 2. The van der Waals surface area contributed by atoms with Crippen molar-refractivity contribution in [2.24, 2.45) is 4.99 Å². The van der Waals surface area contributed by atoms with E-state index in [-0.39, 0.29) is 47.2 Å². The first-order chi connectivity index (χ1) is 11.4. The Labute approximate surface area is 163 Å². The van der Waals surface area contributed by atoms with Gasteiger partial charge in [0, 0.05) is 24.7 Å². The number of non-ortho nitro benzene ring substituents is 1. The van der Waals surface area contributed by atoms with Gasteiger partial charge in [-0.2, -0.15) is 0 Å². The number of aliphatic imine (C=N–C) groups is 1. The van der Waals surface area contributed by atoms with E-state index in [9.17, 15) is 18.5 Å². The Morgan fingerprint density at radius 1 is 1.40 bits per heavy atom. The first kappa shape index (κ1) is 21.4. The van der Waals surface area contributed by atoms with Gasteiger partial charge in [0.1, 0.15) is 0 Å². The maximum Gasteiger partial charge on any atom is 0.269 e. The summed E-state index contributed by atoms with van der Waals surface area (Å²) in [6, 6.07) is 5.99. The summed E-state index contributed by atoms with van der Waals surface area (Å²) in [6.07, 6.45) is 2.23. The Morgan fingerprint density at radius 2 is 2.08 bits per heavy atom. The largest absolute Gasteiger partial charge is 0.353 e. The highest BCUT2D eigenvalue weighted by atomic mass is 127. The lowest BCUT2D eigenvalue weighted by Gasteiger charge is -2.15. The zero-order valence-electron chi connectivity index (χ0n) is 13.6. The topological polar surface area (TPSA) is 114 Å². The number of guanidine groups is 1. The Bertz CT molecular complexity index is 734. The van der Waals surface area contributed by atoms with Gasteiger partial charge in [0.15, 0.2) is 15.8 Å². The SMILES string of the molecule is C=CCNC(=NCc1ccc([N+](=O)[O-])cc1)NC1CCS(=O)(=O)C1.I. The van der Waals surface area contributed by atoms with Crippen molar-refractivity contribution in [3.05, 3.63) is 52.6 Å². The number of hydrogen-bond acceptors (Lipinski definition) is 5. The molecule has 0 saturated carbocycles. The van der Waals surface area contributed by atoms with E-state index in [1.807, 2.05) is 0 Å². The first-order valence-corrected chi connectivity index (χ1v) is 9.31. The molecule has 2 N–H and O–H groups in total. The third kappa shape index (κ3) is 6.98. The highest BCUT2D eigenvalue weighted by Gasteiger charge is 2.28. The van der Waals surface area contributed by atoms with E-state index >= 15 is 0 Å². The number of nitrogens with zero attached hydrogens (tertiary/aromatic N) is 2.